The number of nitrogens with zero attached hydrogens (tertiary/aromatic N) is 2. The van der Waals surface area contributed by atoms with Gasteiger partial charge in [-0.2, -0.15) is 0 Å². The van der Waals surface area contributed by atoms with Gasteiger partial charge < -0.3 is 20.7 Å². The molecule has 0 atom stereocenters. The van der Waals surface area contributed by atoms with Crippen LogP contribution in [-0.4, -0.2) is 37.1 Å². The highest BCUT2D eigenvalue weighted by molar-refractivity contribution is 14.0. The standard InChI is InChI=1S/C19H27N5O2S.HI/c1-5-21-17(25)12-26-16-8-6-7-15(9-16)10-22-19(20-4)23-11-18-24-13(2)14(3)27-18;/h6-9H,5,10-12H2,1-4H3,(H,21,25)(H2,20,22,23);1H. The van der Waals surface area contributed by atoms with Crippen LogP contribution in [0, 0.1) is 13.8 Å². The number of aromatic nitrogens is 1. The fourth-order valence-corrected chi connectivity index (χ4v) is 3.20. The fourth-order valence-electron chi connectivity index (χ4n) is 2.32. The van der Waals surface area contributed by atoms with E-state index in [2.05, 4.69) is 32.9 Å². The predicted molar refractivity (Wildman–Crippen MR) is 125 cm³/mol. The van der Waals surface area contributed by atoms with E-state index in [0.717, 1.165) is 16.3 Å². The number of hydrogen-bond donors (Lipinski definition) is 3. The topological polar surface area (TPSA) is 87.6 Å². The van der Waals surface area contributed by atoms with Crippen LogP contribution in [0.3, 0.4) is 0 Å². The summed E-state index contributed by atoms with van der Waals surface area (Å²) in [7, 11) is 1.74. The first-order valence-corrected chi connectivity index (χ1v) is 9.69. The van der Waals surface area contributed by atoms with E-state index in [0.29, 0.717) is 31.3 Å². The minimum atomic E-state index is -0.127. The Hall–Kier alpha value is -1.88. The summed E-state index contributed by atoms with van der Waals surface area (Å²) >= 11 is 1.69. The maximum Gasteiger partial charge on any atom is 0.257 e. The first kappa shape index (κ1) is 24.2. The number of rotatable bonds is 8. The third-order valence-electron chi connectivity index (χ3n) is 3.81. The van der Waals surface area contributed by atoms with Gasteiger partial charge in [-0.3, -0.25) is 9.79 Å². The molecule has 0 saturated heterocycles. The lowest BCUT2D eigenvalue weighted by molar-refractivity contribution is -0.122. The smallest absolute Gasteiger partial charge is 0.257 e. The zero-order valence-electron chi connectivity index (χ0n) is 16.7. The zero-order chi connectivity index (χ0) is 19.6. The van der Waals surface area contributed by atoms with Crippen molar-refractivity contribution in [1.29, 1.82) is 0 Å². The maximum atomic E-state index is 11.5. The minimum Gasteiger partial charge on any atom is -0.484 e. The molecular formula is C19H28IN5O2S. The molecule has 2 aromatic rings. The summed E-state index contributed by atoms with van der Waals surface area (Å²) in [5.74, 6) is 1.24. The van der Waals surface area contributed by atoms with Gasteiger partial charge in [-0.05, 0) is 38.5 Å². The molecule has 1 heterocycles. The monoisotopic (exact) mass is 517 g/mol. The summed E-state index contributed by atoms with van der Waals surface area (Å²) in [4.78, 5) is 21.5. The first-order chi connectivity index (χ1) is 13.0. The summed E-state index contributed by atoms with van der Waals surface area (Å²) in [5, 5.41) is 10.3. The number of benzene rings is 1. The van der Waals surface area contributed by atoms with Crippen LogP contribution in [0.5, 0.6) is 5.75 Å². The van der Waals surface area contributed by atoms with Gasteiger partial charge in [0.1, 0.15) is 10.8 Å². The molecular weight excluding hydrogens is 489 g/mol. The van der Waals surface area contributed by atoms with Crippen LogP contribution in [0.15, 0.2) is 29.3 Å². The molecule has 0 fully saturated rings. The van der Waals surface area contributed by atoms with Crippen molar-refractivity contribution in [3.63, 3.8) is 0 Å². The van der Waals surface area contributed by atoms with Gasteiger partial charge in [-0.1, -0.05) is 12.1 Å². The van der Waals surface area contributed by atoms with E-state index in [1.807, 2.05) is 38.1 Å². The predicted octanol–water partition coefficient (Wildman–Crippen LogP) is 2.76. The molecule has 28 heavy (non-hydrogen) atoms. The molecule has 154 valence electrons. The quantitative estimate of drug-likeness (QED) is 0.285. The second-order valence-corrected chi connectivity index (χ2v) is 7.21. The van der Waals surface area contributed by atoms with Gasteiger partial charge >= 0.3 is 0 Å². The Labute approximate surface area is 187 Å². The number of thiazole rings is 1. The normalized spacial score (nSPS) is 10.8. The Morgan fingerprint density at radius 1 is 1.21 bits per heavy atom. The van der Waals surface area contributed by atoms with Crippen molar-refractivity contribution in [2.75, 3.05) is 20.2 Å². The molecule has 9 heteroatoms. The number of amides is 1. The molecule has 0 aliphatic rings. The van der Waals surface area contributed by atoms with Crippen LogP contribution in [0.2, 0.25) is 0 Å². The molecule has 1 aromatic carbocycles. The summed E-state index contributed by atoms with van der Waals surface area (Å²) in [5.41, 5.74) is 2.11. The molecule has 0 saturated carbocycles. The summed E-state index contributed by atoms with van der Waals surface area (Å²) in [6.45, 7) is 7.80. The lowest BCUT2D eigenvalue weighted by Crippen LogP contribution is -2.36. The average molecular weight is 517 g/mol. The zero-order valence-corrected chi connectivity index (χ0v) is 19.8. The van der Waals surface area contributed by atoms with E-state index < -0.39 is 0 Å². The molecule has 0 bridgehead atoms. The Bertz CT molecular complexity index is 775. The van der Waals surface area contributed by atoms with Crippen molar-refractivity contribution in [3.05, 3.63) is 45.4 Å². The lowest BCUT2D eigenvalue weighted by Gasteiger charge is -2.12. The third-order valence-corrected chi connectivity index (χ3v) is 4.88. The van der Waals surface area contributed by atoms with E-state index in [1.165, 1.54) is 4.88 Å². The number of aliphatic imine (C=N–C) groups is 1. The van der Waals surface area contributed by atoms with Crippen molar-refractivity contribution < 1.29 is 9.53 Å². The highest BCUT2D eigenvalue weighted by atomic mass is 127. The molecule has 0 unspecified atom stereocenters. The summed E-state index contributed by atoms with van der Waals surface area (Å²) < 4.78 is 5.52. The van der Waals surface area contributed by atoms with Gasteiger partial charge in [0.15, 0.2) is 12.6 Å². The van der Waals surface area contributed by atoms with Gasteiger partial charge in [0.2, 0.25) is 0 Å². The van der Waals surface area contributed by atoms with Crippen molar-refractivity contribution in [2.24, 2.45) is 4.99 Å². The second kappa shape index (κ2) is 12.6. The van der Waals surface area contributed by atoms with Gasteiger partial charge in [-0.15, -0.1) is 35.3 Å². The molecule has 0 spiro atoms. The summed E-state index contributed by atoms with van der Waals surface area (Å²) in [6.07, 6.45) is 0. The van der Waals surface area contributed by atoms with Crippen molar-refractivity contribution >= 4 is 47.2 Å². The second-order valence-electron chi connectivity index (χ2n) is 5.92. The van der Waals surface area contributed by atoms with E-state index in [4.69, 9.17) is 4.74 Å². The van der Waals surface area contributed by atoms with Crippen LogP contribution in [-0.2, 0) is 17.9 Å². The largest absolute Gasteiger partial charge is 0.484 e. The Kier molecular flexibility index (Phi) is 10.8. The van der Waals surface area contributed by atoms with Crippen LogP contribution in [0.4, 0.5) is 0 Å². The van der Waals surface area contributed by atoms with Gasteiger partial charge in [0.05, 0.1) is 12.2 Å². The number of ether oxygens (including phenoxy) is 1. The average Bonchev–Trinajstić information content (AvgIpc) is 2.98. The summed E-state index contributed by atoms with van der Waals surface area (Å²) in [6, 6.07) is 7.64. The Morgan fingerprint density at radius 2 is 1.96 bits per heavy atom. The fraction of sp³-hybridized carbons (Fsp3) is 0.421. The van der Waals surface area contributed by atoms with Gasteiger partial charge in [-0.25, -0.2) is 4.98 Å². The van der Waals surface area contributed by atoms with Crippen LogP contribution >= 0.6 is 35.3 Å². The molecule has 1 aromatic heterocycles. The van der Waals surface area contributed by atoms with E-state index in [9.17, 15) is 4.79 Å². The Morgan fingerprint density at radius 3 is 2.61 bits per heavy atom. The highest BCUT2D eigenvalue weighted by Crippen LogP contribution is 2.16. The number of hydrogen-bond acceptors (Lipinski definition) is 5. The van der Waals surface area contributed by atoms with E-state index >= 15 is 0 Å². The minimum absolute atomic E-state index is 0. The number of likely N-dealkylation sites (N-methyl/N-ethyl adjacent to an activating group) is 1. The van der Waals surface area contributed by atoms with Crippen molar-refractivity contribution in [3.8, 4) is 5.75 Å². The number of halogens is 1. The lowest BCUT2D eigenvalue weighted by atomic mass is 10.2. The molecule has 3 N–H and O–H groups in total. The number of guanidine groups is 1. The van der Waals surface area contributed by atoms with Crippen molar-refractivity contribution in [2.45, 2.75) is 33.9 Å². The number of carbonyl (C=O) groups excluding carboxylic acids is 1. The number of aryl methyl sites for hydroxylation is 2. The maximum absolute atomic E-state index is 11.5. The van der Waals surface area contributed by atoms with E-state index in [1.54, 1.807) is 18.4 Å². The van der Waals surface area contributed by atoms with Crippen molar-refractivity contribution in [1.82, 2.24) is 20.9 Å². The van der Waals surface area contributed by atoms with Crippen LogP contribution in [0.25, 0.3) is 0 Å². The SMILES string of the molecule is CCNC(=O)COc1cccc(CNC(=NC)NCc2nc(C)c(C)s2)c1.I. The third kappa shape index (κ3) is 8.01. The first-order valence-electron chi connectivity index (χ1n) is 8.87. The highest BCUT2D eigenvalue weighted by Gasteiger charge is 2.06. The van der Waals surface area contributed by atoms with Gasteiger partial charge in [0, 0.05) is 25.0 Å². The number of nitrogens with one attached hydrogen (secondary N) is 3. The molecule has 1 amide bonds. The van der Waals surface area contributed by atoms with Crippen LogP contribution in [0.1, 0.15) is 28.1 Å². The van der Waals surface area contributed by atoms with Gasteiger partial charge in [0.25, 0.3) is 5.91 Å². The molecule has 2 rings (SSSR count). The number of carbonyl (C=O) groups is 1. The Balaban J connectivity index is 0.00000392. The van der Waals surface area contributed by atoms with E-state index in [-0.39, 0.29) is 36.5 Å². The van der Waals surface area contributed by atoms with Crippen LogP contribution < -0.4 is 20.7 Å². The molecule has 0 aliphatic carbocycles. The molecule has 0 aliphatic heterocycles. The molecule has 0 radical (unpaired) electrons. The molecule has 7 nitrogen and oxygen atoms in total.